The molecule has 1 aliphatic carbocycles. The fourth-order valence-corrected chi connectivity index (χ4v) is 3.08. The number of halogens is 1. The predicted octanol–water partition coefficient (Wildman–Crippen LogP) is 2.31. The summed E-state index contributed by atoms with van der Waals surface area (Å²) in [6, 6.07) is 14.6. The topological polar surface area (TPSA) is 89.7 Å². The maximum Gasteiger partial charge on any atom is 0.317 e. The van der Waals surface area contributed by atoms with Gasteiger partial charge in [-0.1, -0.05) is 30.3 Å². The molecule has 1 fully saturated rings. The Morgan fingerprint density at radius 2 is 1.68 bits per heavy atom. The van der Waals surface area contributed by atoms with Crippen molar-refractivity contribution >= 4 is 23.5 Å². The van der Waals surface area contributed by atoms with Gasteiger partial charge in [0.2, 0.25) is 5.91 Å². The number of hydrogen-bond acceptors (Lipinski definition) is 4. The molecule has 7 heteroatoms. The highest BCUT2D eigenvalue weighted by Crippen LogP contribution is 2.49. The molecule has 1 saturated carbocycles. The van der Waals surface area contributed by atoms with Crippen LogP contribution in [0.15, 0.2) is 54.6 Å². The zero-order chi connectivity index (χ0) is 20.1. The molecule has 1 aliphatic rings. The summed E-state index contributed by atoms with van der Waals surface area (Å²) in [4.78, 5) is 37.6. The third kappa shape index (κ3) is 4.36. The van der Waals surface area contributed by atoms with Gasteiger partial charge in [0, 0.05) is 18.7 Å². The number of rotatable bonds is 8. The van der Waals surface area contributed by atoms with E-state index in [0.29, 0.717) is 18.5 Å². The van der Waals surface area contributed by atoms with E-state index in [1.807, 2.05) is 30.3 Å². The number of ether oxygens (including phenoxy) is 1. The van der Waals surface area contributed by atoms with Crippen LogP contribution in [0.3, 0.4) is 0 Å². The summed E-state index contributed by atoms with van der Waals surface area (Å²) >= 11 is 0. The zero-order valence-electron chi connectivity index (χ0n) is 15.3. The average molecular weight is 384 g/mol. The normalized spacial score (nSPS) is 14.2. The van der Waals surface area contributed by atoms with E-state index in [1.54, 1.807) is 0 Å². The van der Waals surface area contributed by atoms with Crippen LogP contribution in [0.2, 0.25) is 0 Å². The molecule has 0 aromatic heterocycles. The summed E-state index contributed by atoms with van der Waals surface area (Å²) in [5.74, 6) is -1.97. The SMILES string of the molecule is NC(=O)CCN(C(=O)COC(=O)C1(c2ccccc2)CC1)c1ccc(F)cc1. The molecule has 0 saturated heterocycles. The van der Waals surface area contributed by atoms with Crippen molar-refractivity contribution in [2.24, 2.45) is 5.73 Å². The summed E-state index contributed by atoms with van der Waals surface area (Å²) in [7, 11) is 0. The summed E-state index contributed by atoms with van der Waals surface area (Å²) in [6.45, 7) is -0.454. The lowest BCUT2D eigenvalue weighted by atomic mass is 9.96. The minimum absolute atomic E-state index is 0.0151. The van der Waals surface area contributed by atoms with E-state index in [-0.39, 0.29) is 13.0 Å². The van der Waals surface area contributed by atoms with E-state index in [2.05, 4.69) is 0 Å². The number of esters is 1. The summed E-state index contributed by atoms with van der Waals surface area (Å²) in [5, 5.41) is 0. The van der Waals surface area contributed by atoms with Gasteiger partial charge in [0.1, 0.15) is 5.82 Å². The van der Waals surface area contributed by atoms with Gasteiger partial charge >= 0.3 is 5.97 Å². The van der Waals surface area contributed by atoms with Crippen molar-refractivity contribution in [2.45, 2.75) is 24.7 Å². The number of nitrogens with zero attached hydrogens (tertiary/aromatic N) is 1. The first kappa shape index (κ1) is 19.5. The molecule has 0 bridgehead atoms. The smallest absolute Gasteiger partial charge is 0.317 e. The second-order valence-electron chi connectivity index (χ2n) is 6.76. The monoisotopic (exact) mass is 384 g/mol. The van der Waals surface area contributed by atoms with E-state index < -0.39 is 35.6 Å². The molecule has 6 nitrogen and oxygen atoms in total. The molecule has 3 rings (SSSR count). The minimum Gasteiger partial charge on any atom is -0.455 e. The molecule has 0 unspecified atom stereocenters. The number of benzene rings is 2. The molecule has 0 aliphatic heterocycles. The summed E-state index contributed by atoms with van der Waals surface area (Å²) in [6.07, 6.45) is 1.28. The number of amides is 2. The van der Waals surface area contributed by atoms with Gasteiger partial charge < -0.3 is 15.4 Å². The number of nitrogens with two attached hydrogens (primary N) is 1. The van der Waals surface area contributed by atoms with Crippen molar-refractivity contribution < 1.29 is 23.5 Å². The van der Waals surface area contributed by atoms with Crippen LogP contribution in [0.1, 0.15) is 24.8 Å². The molecule has 0 atom stereocenters. The molecular formula is C21H21FN2O4. The summed E-state index contributed by atoms with van der Waals surface area (Å²) < 4.78 is 18.5. The number of carbonyl (C=O) groups excluding carboxylic acids is 3. The van der Waals surface area contributed by atoms with E-state index >= 15 is 0 Å². The van der Waals surface area contributed by atoms with Crippen molar-refractivity contribution in [2.75, 3.05) is 18.1 Å². The molecule has 2 N–H and O–H groups in total. The van der Waals surface area contributed by atoms with Crippen LogP contribution in [0.4, 0.5) is 10.1 Å². The Bertz CT molecular complexity index is 864. The predicted molar refractivity (Wildman–Crippen MR) is 101 cm³/mol. The Labute approximate surface area is 162 Å². The van der Waals surface area contributed by atoms with Gasteiger partial charge in [-0.05, 0) is 42.7 Å². The van der Waals surface area contributed by atoms with Gasteiger partial charge in [0.05, 0.1) is 5.41 Å². The average Bonchev–Trinajstić information content (AvgIpc) is 3.50. The van der Waals surface area contributed by atoms with Crippen LogP contribution in [-0.2, 0) is 24.5 Å². The van der Waals surface area contributed by atoms with Gasteiger partial charge in [-0.25, -0.2) is 4.39 Å². The Balaban J connectivity index is 1.67. The maximum absolute atomic E-state index is 13.2. The first-order chi connectivity index (χ1) is 13.4. The molecule has 2 aromatic carbocycles. The van der Waals surface area contributed by atoms with Crippen molar-refractivity contribution in [3.63, 3.8) is 0 Å². The fourth-order valence-electron chi connectivity index (χ4n) is 3.08. The van der Waals surface area contributed by atoms with Crippen molar-refractivity contribution in [3.05, 3.63) is 66.0 Å². The Hall–Kier alpha value is -3.22. The van der Waals surface area contributed by atoms with Crippen LogP contribution in [0, 0.1) is 5.82 Å². The van der Waals surface area contributed by atoms with Crippen LogP contribution < -0.4 is 10.6 Å². The molecule has 2 aromatic rings. The highest BCUT2D eigenvalue weighted by atomic mass is 19.1. The van der Waals surface area contributed by atoms with Crippen LogP contribution in [-0.4, -0.2) is 30.9 Å². The minimum atomic E-state index is -0.685. The number of primary amides is 1. The highest BCUT2D eigenvalue weighted by molar-refractivity contribution is 5.97. The lowest BCUT2D eigenvalue weighted by Crippen LogP contribution is -2.38. The standard InChI is InChI=1S/C21H21FN2O4/c22-16-6-8-17(9-7-16)24(13-10-18(23)25)19(26)14-28-20(27)21(11-12-21)15-4-2-1-3-5-15/h1-9H,10-14H2,(H2,23,25). The van der Waals surface area contributed by atoms with E-state index in [0.717, 1.165) is 5.56 Å². The highest BCUT2D eigenvalue weighted by Gasteiger charge is 2.52. The summed E-state index contributed by atoms with van der Waals surface area (Å²) in [5.41, 5.74) is 5.76. The fraction of sp³-hybridized carbons (Fsp3) is 0.286. The second-order valence-corrected chi connectivity index (χ2v) is 6.76. The number of hydrogen-bond donors (Lipinski definition) is 1. The lowest BCUT2D eigenvalue weighted by molar-refractivity contribution is -0.150. The first-order valence-electron chi connectivity index (χ1n) is 8.99. The van der Waals surface area contributed by atoms with E-state index in [4.69, 9.17) is 10.5 Å². The second kappa shape index (κ2) is 8.21. The van der Waals surface area contributed by atoms with E-state index in [1.165, 1.54) is 29.2 Å². The number of anilines is 1. The first-order valence-corrected chi connectivity index (χ1v) is 8.99. The molecule has 28 heavy (non-hydrogen) atoms. The van der Waals surface area contributed by atoms with Crippen molar-refractivity contribution in [3.8, 4) is 0 Å². The molecule has 0 spiro atoms. The Morgan fingerprint density at radius 3 is 2.25 bits per heavy atom. The Morgan fingerprint density at radius 1 is 1.04 bits per heavy atom. The number of carbonyl (C=O) groups is 3. The van der Waals surface area contributed by atoms with Crippen LogP contribution in [0.5, 0.6) is 0 Å². The molecule has 0 radical (unpaired) electrons. The Kier molecular flexibility index (Phi) is 5.73. The third-order valence-corrected chi connectivity index (χ3v) is 4.82. The molecule has 0 heterocycles. The molecular weight excluding hydrogens is 363 g/mol. The lowest BCUT2D eigenvalue weighted by Gasteiger charge is -2.23. The molecule has 2 amide bonds. The van der Waals surface area contributed by atoms with Crippen LogP contribution in [0.25, 0.3) is 0 Å². The zero-order valence-corrected chi connectivity index (χ0v) is 15.3. The van der Waals surface area contributed by atoms with Gasteiger partial charge in [0.15, 0.2) is 6.61 Å². The van der Waals surface area contributed by atoms with Gasteiger partial charge in [-0.3, -0.25) is 14.4 Å². The molecule has 146 valence electrons. The third-order valence-electron chi connectivity index (χ3n) is 4.82. The van der Waals surface area contributed by atoms with Gasteiger partial charge in [0.25, 0.3) is 5.91 Å². The van der Waals surface area contributed by atoms with E-state index in [9.17, 15) is 18.8 Å². The quantitative estimate of drug-likeness (QED) is 0.707. The van der Waals surface area contributed by atoms with Gasteiger partial charge in [-0.2, -0.15) is 0 Å². The van der Waals surface area contributed by atoms with Crippen molar-refractivity contribution in [1.29, 1.82) is 0 Å². The maximum atomic E-state index is 13.2. The van der Waals surface area contributed by atoms with Crippen molar-refractivity contribution in [1.82, 2.24) is 0 Å². The van der Waals surface area contributed by atoms with Crippen LogP contribution >= 0.6 is 0 Å². The van der Waals surface area contributed by atoms with Gasteiger partial charge in [-0.15, -0.1) is 0 Å². The largest absolute Gasteiger partial charge is 0.455 e.